The van der Waals surface area contributed by atoms with Crippen molar-refractivity contribution >= 4 is 28.8 Å². The van der Waals surface area contributed by atoms with Crippen LogP contribution >= 0.6 is 11.3 Å². The summed E-state index contributed by atoms with van der Waals surface area (Å²) >= 11 is 1.29. The van der Waals surface area contributed by atoms with E-state index in [2.05, 4.69) is 5.32 Å². The Hall–Kier alpha value is -1.56. The number of carbonyl (C=O) groups excluding carboxylic acids is 2. The normalized spacial score (nSPS) is 9.88. The van der Waals surface area contributed by atoms with Gasteiger partial charge in [-0.1, -0.05) is 0 Å². The van der Waals surface area contributed by atoms with Gasteiger partial charge in [0, 0.05) is 27.1 Å². The van der Waals surface area contributed by atoms with Crippen molar-refractivity contribution in [1.82, 2.24) is 10.2 Å². The molecule has 2 amide bonds. The molecule has 3 N–H and O–H groups in total. The van der Waals surface area contributed by atoms with Gasteiger partial charge in [0.05, 0.1) is 5.69 Å². The lowest BCUT2D eigenvalue weighted by atomic mass is 10.3. The molecule has 0 aliphatic rings. The molecule has 1 rings (SSSR count). The molecule has 1 heterocycles. The Morgan fingerprint density at radius 2 is 2.19 bits per heavy atom. The third-order valence-corrected chi connectivity index (χ3v) is 2.95. The summed E-state index contributed by atoms with van der Waals surface area (Å²) in [4.78, 5) is 24.8. The molecule has 0 fully saturated rings. The second-order valence-electron chi connectivity index (χ2n) is 3.50. The molecule has 0 saturated carbocycles. The number of nitrogens with zero attached hydrogens (tertiary/aromatic N) is 1. The monoisotopic (exact) mass is 241 g/mol. The third-order valence-electron chi connectivity index (χ3n) is 2.03. The first-order valence-electron chi connectivity index (χ1n) is 4.83. The van der Waals surface area contributed by atoms with Crippen molar-refractivity contribution in [3.05, 3.63) is 16.3 Å². The van der Waals surface area contributed by atoms with Crippen molar-refractivity contribution in [2.75, 3.05) is 26.4 Å². The predicted molar refractivity (Wildman–Crippen MR) is 64.4 cm³/mol. The highest BCUT2D eigenvalue weighted by molar-refractivity contribution is 7.12. The van der Waals surface area contributed by atoms with Crippen LogP contribution in [0.1, 0.15) is 16.1 Å². The van der Waals surface area contributed by atoms with Gasteiger partial charge >= 0.3 is 0 Å². The summed E-state index contributed by atoms with van der Waals surface area (Å²) in [5.74, 6) is -0.237. The van der Waals surface area contributed by atoms with E-state index < -0.39 is 0 Å². The van der Waals surface area contributed by atoms with E-state index in [1.807, 2.05) is 0 Å². The minimum Gasteiger partial charge on any atom is -0.397 e. The van der Waals surface area contributed by atoms with Crippen LogP contribution in [0, 0.1) is 0 Å². The van der Waals surface area contributed by atoms with E-state index in [0.29, 0.717) is 23.5 Å². The van der Waals surface area contributed by atoms with Gasteiger partial charge in [0.25, 0.3) is 5.91 Å². The van der Waals surface area contributed by atoms with Crippen molar-refractivity contribution in [1.29, 1.82) is 0 Å². The van der Waals surface area contributed by atoms with Crippen molar-refractivity contribution in [2.24, 2.45) is 0 Å². The molecule has 88 valence electrons. The van der Waals surface area contributed by atoms with E-state index in [-0.39, 0.29) is 11.8 Å². The van der Waals surface area contributed by atoms with Crippen LogP contribution in [0.4, 0.5) is 5.69 Å². The van der Waals surface area contributed by atoms with Crippen LogP contribution in [0.2, 0.25) is 0 Å². The number of carbonyl (C=O) groups is 2. The first-order valence-corrected chi connectivity index (χ1v) is 5.71. The molecule has 0 spiro atoms. The maximum Gasteiger partial charge on any atom is 0.263 e. The zero-order chi connectivity index (χ0) is 12.1. The van der Waals surface area contributed by atoms with Crippen molar-refractivity contribution in [3.8, 4) is 0 Å². The molecular weight excluding hydrogens is 226 g/mol. The maximum atomic E-state index is 11.6. The molecule has 1 aromatic rings. The van der Waals surface area contributed by atoms with Gasteiger partial charge in [-0.2, -0.15) is 0 Å². The number of thiophene rings is 1. The molecule has 0 aromatic carbocycles. The van der Waals surface area contributed by atoms with E-state index in [1.165, 1.54) is 16.2 Å². The minimum atomic E-state index is -0.223. The zero-order valence-corrected chi connectivity index (χ0v) is 10.1. The first kappa shape index (κ1) is 12.5. The number of anilines is 1. The van der Waals surface area contributed by atoms with Crippen LogP contribution in [-0.4, -0.2) is 37.4 Å². The molecule has 0 atom stereocenters. The molecule has 1 aromatic heterocycles. The number of nitrogen functional groups attached to an aromatic ring is 1. The van der Waals surface area contributed by atoms with Crippen molar-refractivity contribution in [2.45, 2.75) is 6.42 Å². The predicted octanol–water partition coefficient (Wildman–Crippen LogP) is 0.538. The number of hydrogen-bond donors (Lipinski definition) is 2. The summed E-state index contributed by atoms with van der Waals surface area (Å²) < 4.78 is 0. The van der Waals surface area contributed by atoms with Crippen LogP contribution in [-0.2, 0) is 4.79 Å². The summed E-state index contributed by atoms with van der Waals surface area (Å²) in [6.45, 7) is 0.327. The van der Waals surface area contributed by atoms with Gasteiger partial charge in [-0.3, -0.25) is 9.59 Å². The van der Waals surface area contributed by atoms with E-state index in [4.69, 9.17) is 5.73 Å². The number of nitrogens with one attached hydrogen (secondary N) is 1. The number of nitrogens with two attached hydrogens (primary N) is 1. The molecule has 0 radical (unpaired) electrons. The van der Waals surface area contributed by atoms with Crippen LogP contribution < -0.4 is 11.1 Å². The van der Waals surface area contributed by atoms with Crippen molar-refractivity contribution in [3.63, 3.8) is 0 Å². The summed E-state index contributed by atoms with van der Waals surface area (Å²) in [5, 5.41) is 4.41. The number of amides is 2. The molecule has 16 heavy (non-hydrogen) atoms. The highest BCUT2D eigenvalue weighted by atomic mass is 32.1. The van der Waals surface area contributed by atoms with E-state index >= 15 is 0 Å². The molecule has 0 saturated heterocycles. The van der Waals surface area contributed by atoms with Gasteiger partial charge in [0.1, 0.15) is 4.88 Å². The maximum absolute atomic E-state index is 11.6. The Morgan fingerprint density at radius 3 is 2.69 bits per heavy atom. The van der Waals surface area contributed by atoms with Gasteiger partial charge in [0.15, 0.2) is 0 Å². The molecule has 0 unspecified atom stereocenters. The van der Waals surface area contributed by atoms with Crippen LogP contribution in [0.15, 0.2) is 11.4 Å². The first-order chi connectivity index (χ1) is 7.52. The Bertz CT molecular complexity index is 387. The highest BCUT2D eigenvalue weighted by Gasteiger charge is 2.11. The zero-order valence-electron chi connectivity index (χ0n) is 9.32. The Kier molecular flexibility index (Phi) is 4.30. The second kappa shape index (κ2) is 5.50. The fourth-order valence-corrected chi connectivity index (χ4v) is 1.82. The smallest absolute Gasteiger partial charge is 0.263 e. The Morgan fingerprint density at radius 1 is 1.50 bits per heavy atom. The van der Waals surface area contributed by atoms with Crippen LogP contribution in [0.25, 0.3) is 0 Å². The average Bonchev–Trinajstić information content (AvgIpc) is 2.64. The molecule has 6 heteroatoms. The number of hydrogen-bond acceptors (Lipinski definition) is 4. The highest BCUT2D eigenvalue weighted by Crippen LogP contribution is 2.18. The quantitative estimate of drug-likeness (QED) is 0.807. The Labute approximate surface area is 98.2 Å². The minimum absolute atomic E-state index is 0.0144. The summed E-state index contributed by atoms with van der Waals surface area (Å²) in [7, 11) is 3.36. The largest absolute Gasteiger partial charge is 0.397 e. The fourth-order valence-electron chi connectivity index (χ4n) is 1.09. The van der Waals surface area contributed by atoms with Crippen LogP contribution in [0.3, 0.4) is 0 Å². The second-order valence-corrected chi connectivity index (χ2v) is 4.42. The fraction of sp³-hybridized carbons (Fsp3) is 0.400. The topological polar surface area (TPSA) is 75.4 Å². The molecule has 0 bridgehead atoms. The molecule has 0 aliphatic heterocycles. The van der Waals surface area contributed by atoms with Gasteiger partial charge in [-0.15, -0.1) is 11.3 Å². The summed E-state index contributed by atoms with van der Waals surface area (Å²) in [6.07, 6.45) is 0.296. The van der Waals surface area contributed by atoms with E-state index in [9.17, 15) is 9.59 Å². The molecule has 5 nitrogen and oxygen atoms in total. The molecular formula is C10H15N3O2S. The SMILES string of the molecule is CN(C)C(=O)CCNC(=O)c1sccc1N. The van der Waals surface area contributed by atoms with E-state index in [0.717, 1.165) is 0 Å². The van der Waals surface area contributed by atoms with Crippen molar-refractivity contribution < 1.29 is 9.59 Å². The van der Waals surface area contributed by atoms with Gasteiger partial charge in [-0.25, -0.2) is 0 Å². The standard InChI is InChI=1S/C10H15N3O2S/c1-13(2)8(14)3-5-12-10(15)9-7(11)4-6-16-9/h4,6H,3,5,11H2,1-2H3,(H,12,15). The lowest BCUT2D eigenvalue weighted by molar-refractivity contribution is -0.128. The average molecular weight is 241 g/mol. The van der Waals surface area contributed by atoms with Crippen LogP contribution in [0.5, 0.6) is 0 Å². The van der Waals surface area contributed by atoms with Gasteiger partial charge in [0.2, 0.25) is 5.91 Å². The van der Waals surface area contributed by atoms with Gasteiger partial charge in [-0.05, 0) is 11.4 Å². The molecule has 0 aliphatic carbocycles. The van der Waals surface area contributed by atoms with Gasteiger partial charge < -0.3 is 16.0 Å². The lowest BCUT2D eigenvalue weighted by Crippen LogP contribution is -2.30. The summed E-state index contributed by atoms with van der Waals surface area (Å²) in [6, 6.07) is 1.69. The third kappa shape index (κ3) is 3.23. The number of rotatable bonds is 4. The van der Waals surface area contributed by atoms with E-state index in [1.54, 1.807) is 25.5 Å². The summed E-state index contributed by atoms with van der Waals surface area (Å²) in [5.41, 5.74) is 6.07. The lowest BCUT2D eigenvalue weighted by Gasteiger charge is -2.10. The Balaban J connectivity index is 2.37.